The van der Waals surface area contributed by atoms with Gasteiger partial charge in [0, 0.05) is 10.6 Å². The Morgan fingerprint density at radius 2 is 1.75 bits per heavy atom. The molecule has 0 saturated heterocycles. The van der Waals surface area contributed by atoms with Crippen molar-refractivity contribution in [3.05, 3.63) is 101 Å². The number of carbonyl (C=O) groups excluding carboxylic acids is 1. The zero-order valence-corrected chi connectivity index (χ0v) is 18.9. The predicted octanol–water partition coefficient (Wildman–Crippen LogP) is 4.84. The molecule has 1 amide bonds. The van der Waals surface area contributed by atoms with Crippen LogP contribution in [-0.2, 0) is 16.6 Å². The standard InChI is InChI=1S/C22H17ClN4O3S2/c23-18-9-11-19(12-10-18)27(14-16-5-2-1-3-6-16)32(29,30)20-8-4-7-17(13-20)21(28)25-22-26-24-15-31-22/h1-13,15H,14H2,(H,25,26,28). The molecular formula is C22H17ClN4O3S2. The highest BCUT2D eigenvalue weighted by Crippen LogP contribution is 2.28. The molecule has 0 saturated carbocycles. The lowest BCUT2D eigenvalue weighted by atomic mass is 10.2. The summed E-state index contributed by atoms with van der Waals surface area (Å²) in [6.45, 7) is 0.117. The minimum atomic E-state index is -4.00. The van der Waals surface area contributed by atoms with Crippen molar-refractivity contribution >= 4 is 49.7 Å². The third-order valence-electron chi connectivity index (χ3n) is 4.55. The summed E-state index contributed by atoms with van der Waals surface area (Å²) in [6.07, 6.45) is 0. The van der Waals surface area contributed by atoms with E-state index in [0.29, 0.717) is 15.8 Å². The van der Waals surface area contributed by atoms with Crippen LogP contribution in [0, 0.1) is 0 Å². The van der Waals surface area contributed by atoms with Gasteiger partial charge in [0.15, 0.2) is 0 Å². The fraction of sp³-hybridized carbons (Fsp3) is 0.0455. The van der Waals surface area contributed by atoms with Crippen LogP contribution in [-0.4, -0.2) is 24.5 Å². The number of hydrogen-bond acceptors (Lipinski definition) is 6. The fourth-order valence-corrected chi connectivity index (χ4v) is 5.06. The number of anilines is 2. The highest BCUT2D eigenvalue weighted by atomic mass is 35.5. The lowest BCUT2D eigenvalue weighted by Gasteiger charge is -2.25. The zero-order chi connectivity index (χ0) is 22.6. The Kier molecular flexibility index (Phi) is 6.50. The van der Waals surface area contributed by atoms with Crippen LogP contribution in [0.1, 0.15) is 15.9 Å². The molecule has 3 aromatic carbocycles. The lowest BCUT2D eigenvalue weighted by Crippen LogP contribution is -2.30. The van der Waals surface area contributed by atoms with Crippen molar-refractivity contribution < 1.29 is 13.2 Å². The van der Waals surface area contributed by atoms with Gasteiger partial charge < -0.3 is 0 Å². The van der Waals surface area contributed by atoms with Crippen LogP contribution in [0.3, 0.4) is 0 Å². The summed E-state index contributed by atoms with van der Waals surface area (Å²) in [5.74, 6) is -0.472. The van der Waals surface area contributed by atoms with E-state index >= 15 is 0 Å². The molecule has 7 nitrogen and oxygen atoms in total. The molecule has 1 aromatic heterocycles. The minimum absolute atomic E-state index is 0.00621. The number of rotatable bonds is 7. The average Bonchev–Trinajstić information content (AvgIpc) is 3.32. The van der Waals surface area contributed by atoms with E-state index in [9.17, 15) is 13.2 Å². The van der Waals surface area contributed by atoms with Crippen LogP contribution in [0.5, 0.6) is 0 Å². The summed E-state index contributed by atoms with van der Waals surface area (Å²) >= 11 is 7.17. The van der Waals surface area contributed by atoms with Crippen molar-refractivity contribution in [2.75, 3.05) is 9.62 Å². The third kappa shape index (κ3) is 4.96. The van der Waals surface area contributed by atoms with Gasteiger partial charge in [0.1, 0.15) is 5.51 Å². The predicted molar refractivity (Wildman–Crippen MR) is 126 cm³/mol. The summed E-state index contributed by atoms with van der Waals surface area (Å²) in [7, 11) is -4.00. The second kappa shape index (κ2) is 9.47. The maximum Gasteiger partial charge on any atom is 0.264 e. The molecule has 162 valence electrons. The van der Waals surface area contributed by atoms with Crippen LogP contribution in [0.4, 0.5) is 10.8 Å². The second-order valence-electron chi connectivity index (χ2n) is 6.70. The van der Waals surface area contributed by atoms with E-state index in [1.165, 1.54) is 39.4 Å². The van der Waals surface area contributed by atoms with Gasteiger partial charge in [-0.15, -0.1) is 10.2 Å². The summed E-state index contributed by atoms with van der Waals surface area (Å²) < 4.78 is 28.6. The number of nitrogens with one attached hydrogen (secondary N) is 1. The maximum atomic E-state index is 13.7. The highest BCUT2D eigenvalue weighted by Gasteiger charge is 2.26. The summed E-state index contributed by atoms with van der Waals surface area (Å²) in [5, 5.41) is 10.9. The zero-order valence-electron chi connectivity index (χ0n) is 16.6. The molecule has 4 rings (SSSR count). The van der Waals surface area contributed by atoms with Crippen molar-refractivity contribution in [2.45, 2.75) is 11.4 Å². The fourth-order valence-electron chi connectivity index (χ4n) is 2.99. The average molecular weight is 485 g/mol. The Bertz CT molecular complexity index is 1310. The van der Waals surface area contributed by atoms with Gasteiger partial charge in [-0.05, 0) is 48.0 Å². The topological polar surface area (TPSA) is 92.3 Å². The van der Waals surface area contributed by atoms with Gasteiger partial charge in [-0.3, -0.25) is 14.4 Å². The Balaban J connectivity index is 1.70. The van der Waals surface area contributed by atoms with Crippen LogP contribution in [0.2, 0.25) is 5.02 Å². The van der Waals surface area contributed by atoms with Crippen LogP contribution >= 0.6 is 22.9 Å². The first kappa shape index (κ1) is 21.9. The van der Waals surface area contributed by atoms with Crippen LogP contribution in [0.25, 0.3) is 0 Å². The number of nitrogens with zero attached hydrogens (tertiary/aromatic N) is 3. The first-order chi connectivity index (χ1) is 15.4. The van der Waals surface area contributed by atoms with Crippen LogP contribution < -0.4 is 9.62 Å². The van der Waals surface area contributed by atoms with E-state index in [-0.39, 0.29) is 17.0 Å². The molecule has 0 radical (unpaired) electrons. The van der Waals surface area contributed by atoms with Crippen molar-refractivity contribution in [3.8, 4) is 0 Å². The number of amides is 1. The number of halogens is 1. The van der Waals surface area contributed by atoms with E-state index in [1.807, 2.05) is 30.3 Å². The van der Waals surface area contributed by atoms with Crippen LogP contribution in [0.15, 0.2) is 89.3 Å². The third-order valence-corrected chi connectivity index (χ3v) is 7.18. The summed E-state index contributed by atoms with van der Waals surface area (Å²) in [6, 6.07) is 21.7. The quantitative estimate of drug-likeness (QED) is 0.405. The molecule has 1 heterocycles. The first-order valence-corrected chi connectivity index (χ1v) is 12.1. The van der Waals surface area contributed by atoms with E-state index in [1.54, 1.807) is 30.3 Å². The number of benzene rings is 3. The number of carbonyl (C=O) groups is 1. The Morgan fingerprint density at radius 1 is 1.00 bits per heavy atom. The van der Waals surface area contributed by atoms with E-state index in [4.69, 9.17) is 11.6 Å². The summed E-state index contributed by atoms with van der Waals surface area (Å²) in [5.41, 5.74) is 2.96. The minimum Gasteiger partial charge on any atom is -0.296 e. The molecule has 0 spiro atoms. The molecule has 0 aliphatic rings. The van der Waals surface area contributed by atoms with Crippen molar-refractivity contribution in [1.29, 1.82) is 0 Å². The lowest BCUT2D eigenvalue weighted by molar-refractivity contribution is 0.102. The molecule has 0 aliphatic heterocycles. The second-order valence-corrected chi connectivity index (χ2v) is 9.83. The van der Waals surface area contributed by atoms with Gasteiger partial charge in [-0.2, -0.15) is 0 Å². The Morgan fingerprint density at radius 3 is 2.44 bits per heavy atom. The molecule has 0 atom stereocenters. The smallest absolute Gasteiger partial charge is 0.264 e. The van der Waals surface area contributed by atoms with Gasteiger partial charge in [-0.25, -0.2) is 8.42 Å². The van der Waals surface area contributed by atoms with Gasteiger partial charge >= 0.3 is 0 Å². The van der Waals surface area contributed by atoms with Gasteiger partial charge in [0.2, 0.25) is 5.13 Å². The maximum absolute atomic E-state index is 13.7. The first-order valence-electron chi connectivity index (χ1n) is 9.43. The number of hydrogen-bond donors (Lipinski definition) is 1. The van der Waals surface area contributed by atoms with Gasteiger partial charge in [-0.1, -0.05) is 59.3 Å². The normalized spacial score (nSPS) is 11.2. The molecule has 4 aromatic rings. The molecule has 0 fully saturated rings. The highest BCUT2D eigenvalue weighted by molar-refractivity contribution is 7.92. The van der Waals surface area contributed by atoms with Crippen molar-refractivity contribution in [3.63, 3.8) is 0 Å². The molecule has 0 unspecified atom stereocenters. The SMILES string of the molecule is O=C(Nc1nncs1)c1cccc(S(=O)(=O)N(Cc2ccccc2)c2ccc(Cl)cc2)c1. The Labute approximate surface area is 194 Å². The molecule has 0 aliphatic carbocycles. The molecule has 0 bridgehead atoms. The largest absolute Gasteiger partial charge is 0.296 e. The van der Waals surface area contributed by atoms with Gasteiger partial charge in [0.25, 0.3) is 15.9 Å². The number of aromatic nitrogens is 2. The van der Waals surface area contributed by atoms with Crippen molar-refractivity contribution in [1.82, 2.24) is 10.2 Å². The number of sulfonamides is 1. The molecule has 32 heavy (non-hydrogen) atoms. The van der Waals surface area contributed by atoms with E-state index in [2.05, 4.69) is 15.5 Å². The molecular weight excluding hydrogens is 468 g/mol. The molecule has 10 heteroatoms. The van der Waals surface area contributed by atoms with E-state index < -0.39 is 15.9 Å². The van der Waals surface area contributed by atoms with Gasteiger partial charge in [0.05, 0.1) is 17.1 Å². The summed E-state index contributed by atoms with van der Waals surface area (Å²) in [4.78, 5) is 12.6. The Hall–Kier alpha value is -3.27. The molecule has 1 N–H and O–H groups in total. The monoisotopic (exact) mass is 484 g/mol. The van der Waals surface area contributed by atoms with E-state index in [0.717, 1.165) is 5.56 Å². The van der Waals surface area contributed by atoms with Crippen molar-refractivity contribution in [2.24, 2.45) is 0 Å².